The lowest BCUT2D eigenvalue weighted by atomic mass is 10.00. The highest BCUT2D eigenvalue weighted by Gasteiger charge is 2.15. The van der Waals surface area contributed by atoms with E-state index >= 15 is 0 Å². The van der Waals surface area contributed by atoms with E-state index in [2.05, 4.69) is 0 Å². The Kier molecular flexibility index (Phi) is 3.42. The van der Waals surface area contributed by atoms with E-state index in [4.69, 9.17) is 4.74 Å². The summed E-state index contributed by atoms with van der Waals surface area (Å²) >= 11 is 0. The van der Waals surface area contributed by atoms with E-state index in [0.717, 1.165) is 11.1 Å². The number of carbonyl (C=O) groups is 1. The van der Waals surface area contributed by atoms with Crippen LogP contribution in [0.5, 0.6) is 0 Å². The highest BCUT2D eigenvalue weighted by atomic mass is 16.5. The molecule has 0 aromatic heterocycles. The van der Waals surface area contributed by atoms with Gasteiger partial charge in [-0.25, -0.2) is 0 Å². The molecule has 0 saturated heterocycles. The molecule has 2 heteroatoms. The number of rotatable bonds is 3. The van der Waals surface area contributed by atoms with Crippen LogP contribution in [-0.4, -0.2) is 19.0 Å². The quantitative estimate of drug-likeness (QED) is 0.688. The van der Waals surface area contributed by atoms with Crippen molar-refractivity contribution in [2.45, 2.75) is 26.9 Å². The Labute approximate surface area is 84.9 Å². The van der Waals surface area contributed by atoms with Crippen molar-refractivity contribution in [1.29, 1.82) is 0 Å². The molecule has 0 radical (unpaired) electrons. The lowest BCUT2D eigenvalue weighted by Crippen LogP contribution is -2.20. The molecule has 1 aromatic rings. The molecule has 0 heterocycles. The van der Waals surface area contributed by atoms with Gasteiger partial charge in [0.05, 0.1) is 0 Å². The van der Waals surface area contributed by atoms with Gasteiger partial charge in [0.1, 0.15) is 6.10 Å². The second kappa shape index (κ2) is 4.38. The summed E-state index contributed by atoms with van der Waals surface area (Å²) < 4.78 is 5.00. The largest absolute Gasteiger partial charge is 0.374 e. The maximum absolute atomic E-state index is 11.8. The van der Waals surface area contributed by atoms with Gasteiger partial charge in [0.25, 0.3) is 0 Å². The first-order chi connectivity index (χ1) is 6.56. The summed E-state index contributed by atoms with van der Waals surface area (Å²) in [6.07, 6.45) is -0.364. The van der Waals surface area contributed by atoms with Crippen molar-refractivity contribution in [1.82, 2.24) is 0 Å². The molecule has 0 aliphatic carbocycles. The molecule has 0 amide bonds. The number of Topliss-reactive ketones (excluding diaryl/α,β-unsaturated/α-hetero) is 1. The second-order valence-electron chi connectivity index (χ2n) is 3.56. The van der Waals surface area contributed by atoms with Crippen molar-refractivity contribution in [3.05, 3.63) is 34.9 Å². The average molecular weight is 192 g/mol. The predicted molar refractivity (Wildman–Crippen MR) is 56.7 cm³/mol. The molecule has 0 spiro atoms. The summed E-state index contributed by atoms with van der Waals surface area (Å²) in [5.41, 5.74) is 2.94. The zero-order valence-electron chi connectivity index (χ0n) is 9.13. The Bertz CT molecular complexity index is 342. The number of ketones is 1. The fraction of sp³-hybridized carbons (Fsp3) is 0.417. The fourth-order valence-corrected chi connectivity index (χ4v) is 1.42. The highest BCUT2D eigenvalue weighted by Crippen LogP contribution is 2.13. The number of hydrogen-bond acceptors (Lipinski definition) is 2. The third-order valence-electron chi connectivity index (χ3n) is 2.37. The number of benzene rings is 1. The lowest BCUT2D eigenvalue weighted by Gasteiger charge is -2.10. The number of methoxy groups -OCH3 is 1. The van der Waals surface area contributed by atoms with Crippen LogP contribution < -0.4 is 0 Å². The standard InChI is InChI=1S/C12H16O2/c1-8-5-6-11(9(2)7-8)12(13)10(3)14-4/h5-7,10H,1-4H3. The van der Waals surface area contributed by atoms with Crippen LogP contribution in [0.3, 0.4) is 0 Å². The summed E-state index contributed by atoms with van der Waals surface area (Å²) in [5.74, 6) is 0.0463. The Balaban J connectivity index is 3.02. The van der Waals surface area contributed by atoms with Gasteiger partial charge >= 0.3 is 0 Å². The molecule has 0 aliphatic heterocycles. The first-order valence-corrected chi connectivity index (χ1v) is 4.70. The SMILES string of the molecule is COC(C)C(=O)c1ccc(C)cc1C. The molecule has 1 aromatic carbocycles. The third-order valence-corrected chi connectivity index (χ3v) is 2.37. The van der Waals surface area contributed by atoms with Gasteiger partial charge in [-0.1, -0.05) is 23.8 Å². The highest BCUT2D eigenvalue weighted by molar-refractivity contribution is 6.00. The van der Waals surface area contributed by atoms with Crippen molar-refractivity contribution in [2.75, 3.05) is 7.11 Å². The summed E-state index contributed by atoms with van der Waals surface area (Å²) in [6, 6.07) is 5.82. The molecular formula is C12H16O2. The van der Waals surface area contributed by atoms with Crippen molar-refractivity contribution in [2.24, 2.45) is 0 Å². The first-order valence-electron chi connectivity index (χ1n) is 4.70. The minimum Gasteiger partial charge on any atom is -0.374 e. The molecule has 2 nitrogen and oxygen atoms in total. The third kappa shape index (κ3) is 2.20. The summed E-state index contributed by atoms with van der Waals surface area (Å²) in [4.78, 5) is 11.8. The number of ether oxygens (including phenoxy) is 1. The zero-order valence-corrected chi connectivity index (χ0v) is 9.13. The van der Waals surface area contributed by atoms with Gasteiger partial charge in [-0.15, -0.1) is 0 Å². The van der Waals surface area contributed by atoms with E-state index in [-0.39, 0.29) is 11.9 Å². The molecule has 76 valence electrons. The smallest absolute Gasteiger partial charge is 0.191 e. The van der Waals surface area contributed by atoms with Crippen LogP contribution in [0.25, 0.3) is 0 Å². The monoisotopic (exact) mass is 192 g/mol. The van der Waals surface area contributed by atoms with Gasteiger partial charge in [0, 0.05) is 12.7 Å². The number of carbonyl (C=O) groups excluding carboxylic acids is 1. The Morgan fingerprint density at radius 1 is 1.36 bits per heavy atom. The molecule has 1 atom stereocenters. The molecule has 1 unspecified atom stereocenters. The molecule has 0 N–H and O–H groups in total. The van der Waals surface area contributed by atoms with Crippen molar-refractivity contribution in [3.8, 4) is 0 Å². The molecule has 0 aliphatic rings. The van der Waals surface area contributed by atoms with Crippen LogP contribution >= 0.6 is 0 Å². The molecule has 1 rings (SSSR count). The zero-order chi connectivity index (χ0) is 10.7. The van der Waals surface area contributed by atoms with Gasteiger partial charge in [0.15, 0.2) is 5.78 Å². The first kappa shape index (κ1) is 10.9. The van der Waals surface area contributed by atoms with Crippen LogP contribution in [0, 0.1) is 13.8 Å². The molecule has 0 bridgehead atoms. The van der Waals surface area contributed by atoms with Crippen LogP contribution in [0.2, 0.25) is 0 Å². The van der Waals surface area contributed by atoms with Crippen molar-refractivity contribution >= 4 is 5.78 Å². The minimum absolute atomic E-state index is 0.0463. The summed E-state index contributed by atoms with van der Waals surface area (Å²) in [5, 5.41) is 0. The Hall–Kier alpha value is -1.15. The van der Waals surface area contributed by atoms with E-state index in [1.54, 1.807) is 14.0 Å². The maximum Gasteiger partial charge on any atom is 0.191 e. The Morgan fingerprint density at radius 3 is 2.50 bits per heavy atom. The van der Waals surface area contributed by atoms with Gasteiger partial charge in [0.2, 0.25) is 0 Å². The topological polar surface area (TPSA) is 26.3 Å². The summed E-state index contributed by atoms with van der Waals surface area (Å²) in [6.45, 7) is 5.73. The fourth-order valence-electron chi connectivity index (χ4n) is 1.42. The molecular weight excluding hydrogens is 176 g/mol. The normalized spacial score (nSPS) is 12.6. The molecule has 0 fully saturated rings. The van der Waals surface area contributed by atoms with E-state index in [1.807, 2.05) is 32.0 Å². The van der Waals surface area contributed by atoms with Crippen molar-refractivity contribution < 1.29 is 9.53 Å². The number of hydrogen-bond donors (Lipinski definition) is 0. The van der Waals surface area contributed by atoms with Crippen LogP contribution in [0.4, 0.5) is 0 Å². The minimum atomic E-state index is -0.364. The van der Waals surface area contributed by atoms with Crippen LogP contribution in [0.1, 0.15) is 28.4 Å². The lowest BCUT2D eigenvalue weighted by molar-refractivity contribution is 0.0655. The van der Waals surface area contributed by atoms with E-state index in [9.17, 15) is 4.79 Å². The predicted octanol–water partition coefficient (Wildman–Crippen LogP) is 2.52. The maximum atomic E-state index is 11.8. The van der Waals surface area contributed by atoms with Gasteiger partial charge in [-0.2, -0.15) is 0 Å². The van der Waals surface area contributed by atoms with E-state index in [1.165, 1.54) is 5.56 Å². The average Bonchev–Trinajstić information content (AvgIpc) is 2.15. The second-order valence-corrected chi connectivity index (χ2v) is 3.56. The van der Waals surface area contributed by atoms with Crippen molar-refractivity contribution in [3.63, 3.8) is 0 Å². The van der Waals surface area contributed by atoms with Gasteiger partial charge in [-0.05, 0) is 26.3 Å². The summed E-state index contributed by atoms with van der Waals surface area (Å²) in [7, 11) is 1.55. The number of aryl methyl sites for hydroxylation is 2. The Morgan fingerprint density at radius 2 is 2.00 bits per heavy atom. The van der Waals surface area contributed by atoms with Crippen LogP contribution in [-0.2, 0) is 4.74 Å². The molecule has 0 saturated carbocycles. The van der Waals surface area contributed by atoms with E-state index in [0.29, 0.717) is 0 Å². The molecule has 14 heavy (non-hydrogen) atoms. The van der Waals surface area contributed by atoms with Gasteiger partial charge < -0.3 is 4.74 Å². The van der Waals surface area contributed by atoms with E-state index < -0.39 is 0 Å². The van der Waals surface area contributed by atoms with Crippen LogP contribution in [0.15, 0.2) is 18.2 Å². The van der Waals surface area contributed by atoms with Gasteiger partial charge in [-0.3, -0.25) is 4.79 Å².